The number of rotatable bonds is 7. The molecule has 1 amide bonds. The SMILES string of the molecule is O=C(Cn1nc(-c2ccc3ccccc3c2)ccc1=O)N[C@@H](Cc1ccccc1)C(=O)O. The molecule has 0 radical (unpaired) electrons. The first-order valence-electron chi connectivity index (χ1n) is 10.1. The summed E-state index contributed by atoms with van der Waals surface area (Å²) in [4.78, 5) is 36.4. The number of nitrogens with zero attached hydrogens (tertiary/aromatic N) is 2. The van der Waals surface area contributed by atoms with Gasteiger partial charge in [-0.3, -0.25) is 9.59 Å². The molecule has 2 N–H and O–H groups in total. The molecule has 1 aromatic heterocycles. The summed E-state index contributed by atoms with van der Waals surface area (Å²) in [5.41, 5.74) is 1.70. The van der Waals surface area contributed by atoms with Gasteiger partial charge in [-0.05, 0) is 28.5 Å². The molecular formula is C25H21N3O4. The fourth-order valence-electron chi connectivity index (χ4n) is 3.49. The predicted molar refractivity (Wildman–Crippen MR) is 121 cm³/mol. The lowest BCUT2D eigenvalue weighted by atomic mass is 10.1. The lowest BCUT2D eigenvalue weighted by molar-refractivity contribution is -0.141. The van der Waals surface area contributed by atoms with Crippen LogP contribution in [0, 0.1) is 0 Å². The molecule has 7 heteroatoms. The topological polar surface area (TPSA) is 101 Å². The zero-order valence-corrected chi connectivity index (χ0v) is 17.1. The summed E-state index contributed by atoms with van der Waals surface area (Å²) < 4.78 is 1.04. The van der Waals surface area contributed by atoms with E-state index in [0.29, 0.717) is 5.69 Å². The van der Waals surface area contributed by atoms with Crippen molar-refractivity contribution in [1.82, 2.24) is 15.1 Å². The van der Waals surface area contributed by atoms with Crippen LogP contribution in [0.25, 0.3) is 22.0 Å². The average molecular weight is 427 g/mol. The van der Waals surface area contributed by atoms with Crippen molar-refractivity contribution in [2.45, 2.75) is 19.0 Å². The molecular weight excluding hydrogens is 406 g/mol. The van der Waals surface area contributed by atoms with Crippen molar-refractivity contribution in [2.75, 3.05) is 0 Å². The lowest BCUT2D eigenvalue weighted by Gasteiger charge is -2.15. The third kappa shape index (κ3) is 4.89. The monoisotopic (exact) mass is 427 g/mol. The van der Waals surface area contributed by atoms with E-state index in [1.165, 1.54) is 6.07 Å². The molecule has 0 aliphatic carbocycles. The molecule has 160 valence electrons. The van der Waals surface area contributed by atoms with Gasteiger partial charge in [0.25, 0.3) is 5.56 Å². The minimum absolute atomic E-state index is 0.140. The maximum Gasteiger partial charge on any atom is 0.326 e. The highest BCUT2D eigenvalue weighted by Gasteiger charge is 2.21. The molecule has 7 nitrogen and oxygen atoms in total. The van der Waals surface area contributed by atoms with E-state index >= 15 is 0 Å². The number of aliphatic carboxylic acids is 1. The molecule has 4 aromatic rings. The first kappa shape index (κ1) is 21.0. The number of aromatic nitrogens is 2. The minimum Gasteiger partial charge on any atom is -0.480 e. The van der Waals surface area contributed by atoms with Crippen LogP contribution in [0.1, 0.15) is 5.56 Å². The van der Waals surface area contributed by atoms with Crippen LogP contribution in [-0.4, -0.2) is 32.8 Å². The first-order chi connectivity index (χ1) is 15.5. The van der Waals surface area contributed by atoms with Gasteiger partial charge in [-0.25, -0.2) is 9.48 Å². The van der Waals surface area contributed by atoms with Crippen molar-refractivity contribution in [3.8, 4) is 11.3 Å². The van der Waals surface area contributed by atoms with E-state index in [-0.39, 0.29) is 13.0 Å². The Morgan fingerprint density at radius 3 is 2.38 bits per heavy atom. The van der Waals surface area contributed by atoms with Crippen LogP contribution < -0.4 is 10.9 Å². The van der Waals surface area contributed by atoms with Gasteiger partial charge < -0.3 is 10.4 Å². The molecule has 0 unspecified atom stereocenters. The number of hydrogen-bond acceptors (Lipinski definition) is 4. The van der Waals surface area contributed by atoms with Crippen LogP contribution in [0.3, 0.4) is 0 Å². The van der Waals surface area contributed by atoms with Crippen LogP contribution >= 0.6 is 0 Å². The zero-order valence-electron chi connectivity index (χ0n) is 17.1. The van der Waals surface area contributed by atoms with E-state index in [2.05, 4.69) is 10.4 Å². The molecule has 0 aliphatic heterocycles. The quantitative estimate of drug-likeness (QED) is 0.472. The number of fused-ring (bicyclic) bond motifs is 1. The summed E-state index contributed by atoms with van der Waals surface area (Å²) in [5, 5.41) is 18.4. The smallest absolute Gasteiger partial charge is 0.326 e. The number of carbonyl (C=O) groups excluding carboxylic acids is 1. The highest BCUT2D eigenvalue weighted by atomic mass is 16.4. The van der Waals surface area contributed by atoms with Crippen LogP contribution in [0.2, 0.25) is 0 Å². The molecule has 0 fully saturated rings. The standard InChI is InChI=1S/C25H21N3O4/c29-23(26-22(25(31)32)14-17-6-2-1-3-7-17)16-28-24(30)13-12-21(27-28)20-11-10-18-8-4-5-9-19(18)15-20/h1-13,15,22H,14,16H2,(H,26,29)(H,31,32)/t22-/m0/s1. The maximum atomic E-state index is 12.5. The predicted octanol–water partition coefficient (Wildman–Crippen LogP) is 2.88. The van der Waals surface area contributed by atoms with Crippen molar-refractivity contribution < 1.29 is 14.7 Å². The Kier molecular flexibility index (Phi) is 6.07. The number of nitrogens with one attached hydrogen (secondary N) is 1. The fraction of sp³-hybridized carbons (Fsp3) is 0.120. The molecule has 1 heterocycles. The largest absolute Gasteiger partial charge is 0.480 e. The van der Waals surface area contributed by atoms with Gasteiger partial charge in [0.1, 0.15) is 12.6 Å². The van der Waals surface area contributed by atoms with E-state index in [0.717, 1.165) is 26.6 Å². The highest BCUT2D eigenvalue weighted by Crippen LogP contribution is 2.22. The average Bonchev–Trinajstić information content (AvgIpc) is 2.80. The van der Waals surface area contributed by atoms with Gasteiger partial charge in [-0.1, -0.05) is 66.7 Å². The summed E-state index contributed by atoms with van der Waals surface area (Å²) >= 11 is 0. The summed E-state index contributed by atoms with van der Waals surface area (Å²) in [6.45, 7) is -0.376. The third-order valence-electron chi connectivity index (χ3n) is 5.12. The summed E-state index contributed by atoms with van der Waals surface area (Å²) in [5.74, 6) is -1.74. The van der Waals surface area contributed by atoms with Gasteiger partial charge in [-0.2, -0.15) is 5.10 Å². The molecule has 4 rings (SSSR count). The molecule has 0 saturated heterocycles. The first-order valence-corrected chi connectivity index (χ1v) is 10.1. The Hall–Kier alpha value is -4.26. The van der Waals surface area contributed by atoms with Crippen LogP contribution in [-0.2, 0) is 22.6 Å². The Bertz CT molecular complexity index is 1330. The van der Waals surface area contributed by atoms with Gasteiger partial charge in [-0.15, -0.1) is 0 Å². The van der Waals surface area contributed by atoms with Crippen molar-refractivity contribution >= 4 is 22.6 Å². The van der Waals surface area contributed by atoms with Gasteiger partial charge in [0, 0.05) is 18.1 Å². The van der Waals surface area contributed by atoms with Crippen molar-refractivity contribution in [3.05, 3.63) is 101 Å². The fourth-order valence-corrected chi connectivity index (χ4v) is 3.49. The minimum atomic E-state index is -1.15. The van der Waals surface area contributed by atoms with Gasteiger partial charge in [0.05, 0.1) is 5.69 Å². The second-order valence-corrected chi connectivity index (χ2v) is 7.42. The van der Waals surface area contributed by atoms with E-state index in [1.54, 1.807) is 30.3 Å². The van der Waals surface area contributed by atoms with Gasteiger partial charge in [0.2, 0.25) is 5.91 Å². The Balaban J connectivity index is 1.52. The highest BCUT2D eigenvalue weighted by molar-refractivity contribution is 5.87. The van der Waals surface area contributed by atoms with E-state index in [9.17, 15) is 19.5 Å². The number of carbonyl (C=O) groups is 2. The van der Waals surface area contributed by atoms with Crippen LogP contribution in [0.4, 0.5) is 0 Å². The third-order valence-corrected chi connectivity index (χ3v) is 5.12. The molecule has 32 heavy (non-hydrogen) atoms. The van der Waals surface area contributed by atoms with E-state index in [4.69, 9.17) is 0 Å². The summed E-state index contributed by atoms with van der Waals surface area (Å²) in [6, 6.07) is 24.6. The Morgan fingerprint density at radius 2 is 1.62 bits per heavy atom. The molecule has 3 aromatic carbocycles. The molecule has 0 spiro atoms. The second-order valence-electron chi connectivity index (χ2n) is 7.42. The summed E-state index contributed by atoms with van der Waals surface area (Å²) in [6.07, 6.45) is 0.140. The Labute approximate surface area is 183 Å². The normalized spacial score (nSPS) is 11.8. The number of benzene rings is 3. The number of hydrogen-bond donors (Lipinski definition) is 2. The Morgan fingerprint density at radius 1 is 0.906 bits per heavy atom. The van der Waals surface area contributed by atoms with Crippen molar-refractivity contribution in [2.24, 2.45) is 0 Å². The van der Waals surface area contributed by atoms with Gasteiger partial charge in [0.15, 0.2) is 0 Å². The lowest BCUT2D eigenvalue weighted by Crippen LogP contribution is -2.44. The second kappa shape index (κ2) is 9.26. The summed E-state index contributed by atoms with van der Waals surface area (Å²) in [7, 11) is 0. The van der Waals surface area contributed by atoms with Crippen LogP contribution in [0.5, 0.6) is 0 Å². The van der Waals surface area contributed by atoms with E-state index < -0.39 is 23.5 Å². The molecule has 0 aliphatic rings. The van der Waals surface area contributed by atoms with E-state index in [1.807, 2.05) is 48.5 Å². The zero-order chi connectivity index (χ0) is 22.5. The molecule has 1 atom stereocenters. The number of carboxylic acids is 1. The number of carboxylic acid groups (broad SMARTS) is 1. The van der Waals surface area contributed by atoms with Crippen molar-refractivity contribution in [1.29, 1.82) is 0 Å². The van der Waals surface area contributed by atoms with Gasteiger partial charge >= 0.3 is 5.97 Å². The van der Waals surface area contributed by atoms with Crippen LogP contribution in [0.15, 0.2) is 89.7 Å². The molecule has 0 saturated carbocycles. The van der Waals surface area contributed by atoms with Crippen molar-refractivity contribution in [3.63, 3.8) is 0 Å². The molecule has 0 bridgehead atoms. The number of amides is 1. The maximum absolute atomic E-state index is 12.5.